The molecule has 0 bridgehead atoms. The third-order valence-corrected chi connectivity index (χ3v) is 4.81. The Balaban J connectivity index is 1.51. The first-order valence-corrected chi connectivity index (χ1v) is 8.72. The second-order valence-corrected chi connectivity index (χ2v) is 6.37. The minimum atomic E-state index is -0.133. The molecule has 2 aliphatic heterocycles. The predicted molar refractivity (Wildman–Crippen MR) is 85.6 cm³/mol. The topological polar surface area (TPSA) is 48.0 Å². The number of aliphatic hydroxyl groups excluding tert-OH is 1. The molecule has 2 saturated heterocycles. The largest absolute Gasteiger partial charge is 0.393 e. The van der Waals surface area contributed by atoms with Gasteiger partial charge in [-0.25, -0.2) is 0 Å². The van der Waals surface area contributed by atoms with Crippen LogP contribution in [0.2, 0.25) is 0 Å². The summed E-state index contributed by atoms with van der Waals surface area (Å²) < 4.78 is 5.39. The molecular formula is C16H33N3O2. The quantitative estimate of drug-likeness (QED) is 0.685. The van der Waals surface area contributed by atoms with Gasteiger partial charge in [0.15, 0.2) is 0 Å². The van der Waals surface area contributed by atoms with Gasteiger partial charge in [0.1, 0.15) is 0 Å². The molecule has 0 amide bonds. The maximum atomic E-state index is 9.56. The molecule has 21 heavy (non-hydrogen) atoms. The molecule has 0 aromatic rings. The number of piperidine rings is 1. The molecular weight excluding hydrogens is 266 g/mol. The molecule has 2 heterocycles. The fraction of sp³-hybridized carbons (Fsp3) is 1.00. The fourth-order valence-electron chi connectivity index (χ4n) is 3.13. The van der Waals surface area contributed by atoms with E-state index in [0.717, 1.165) is 45.7 Å². The number of hydrogen-bond acceptors (Lipinski definition) is 5. The molecule has 0 aliphatic carbocycles. The number of nitrogens with zero attached hydrogens (tertiary/aromatic N) is 2. The molecule has 2 fully saturated rings. The van der Waals surface area contributed by atoms with Gasteiger partial charge in [0.2, 0.25) is 0 Å². The van der Waals surface area contributed by atoms with Crippen molar-refractivity contribution in [2.24, 2.45) is 0 Å². The van der Waals surface area contributed by atoms with E-state index in [-0.39, 0.29) is 6.10 Å². The molecule has 5 heteroatoms. The number of rotatable bonds is 8. The van der Waals surface area contributed by atoms with Crippen LogP contribution in [-0.2, 0) is 4.74 Å². The highest BCUT2D eigenvalue weighted by Crippen LogP contribution is 2.11. The van der Waals surface area contributed by atoms with Gasteiger partial charge in [0.25, 0.3) is 0 Å². The van der Waals surface area contributed by atoms with Crippen molar-refractivity contribution in [3.05, 3.63) is 0 Å². The van der Waals surface area contributed by atoms with Crippen molar-refractivity contribution in [1.29, 1.82) is 0 Å². The number of nitrogens with one attached hydrogen (secondary N) is 1. The molecule has 0 spiro atoms. The molecule has 1 atom stereocenters. The van der Waals surface area contributed by atoms with Crippen molar-refractivity contribution >= 4 is 0 Å². The highest BCUT2D eigenvalue weighted by molar-refractivity contribution is 4.78. The Bertz CT molecular complexity index is 264. The Kier molecular flexibility index (Phi) is 7.96. The van der Waals surface area contributed by atoms with Crippen molar-refractivity contribution in [3.63, 3.8) is 0 Å². The highest BCUT2D eigenvalue weighted by Gasteiger charge is 2.19. The fourth-order valence-corrected chi connectivity index (χ4v) is 3.13. The van der Waals surface area contributed by atoms with Crippen LogP contribution in [0.4, 0.5) is 0 Å². The summed E-state index contributed by atoms with van der Waals surface area (Å²) in [6, 6.07) is 0.647. The molecule has 0 aromatic carbocycles. The van der Waals surface area contributed by atoms with Crippen LogP contribution in [0, 0.1) is 0 Å². The van der Waals surface area contributed by atoms with Gasteiger partial charge >= 0.3 is 0 Å². The first kappa shape index (κ1) is 17.2. The standard InChI is InChI=1S/C16H33N3O2/c1-2-16(20)3-6-17-15-4-7-18(8-5-15)9-10-19-11-13-21-14-12-19/h15-17,20H,2-14H2,1H3. The molecule has 5 nitrogen and oxygen atoms in total. The maximum absolute atomic E-state index is 9.56. The summed E-state index contributed by atoms with van der Waals surface area (Å²) in [6.07, 6.45) is 4.10. The summed E-state index contributed by atoms with van der Waals surface area (Å²) in [4.78, 5) is 5.11. The van der Waals surface area contributed by atoms with E-state index in [0.29, 0.717) is 6.04 Å². The van der Waals surface area contributed by atoms with Crippen LogP contribution in [0.1, 0.15) is 32.6 Å². The number of likely N-dealkylation sites (tertiary alicyclic amines) is 1. The molecule has 1 unspecified atom stereocenters. The number of hydrogen-bond donors (Lipinski definition) is 2. The van der Waals surface area contributed by atoms with Crippen LogP contribution in [0.3, 0.4) is 0 Å². The zero-order valence-electron chi connectivity index (χ0n) is 13.6. The SMILES string of the molecule is CCC(O)CCNC1CCN(CCN2CCOCC2)CC1. The minimum Gasteiger partial charge on any atom is -0.393 e. The van der Waals surface area contributed by atoms with Gasteiger partial charge in [-0.15, -0.1) is 0 Å². The zero-order valence-corrected chi connectivity index (χ0v) is 13.6. The summed E-state index contributed by atoms with van der Waals surface area (Å²) in [5, 5.41) is 13.2. The lowest BCUT2D eigenvalue weighted by molar-refractivity contribution is 0.0318. The van der Waals surface area contributed by atoms with Gasteiger partial charge in [-0.1, -0.05) is 6.92 Å². The Morgan fingerprint density at radius 2 is 1.71 bits per heavy atom. The van der Waals surface area contributed by atoms with Crippen LogP contribution in [0.5, 0.6) is 0 Å². The molecule has 0 aromatic heterocycles. The van der Waals surface area contributed by atoms with Crippen molar-refractivity contribution in [2.45, 2.75) is 44.8 Å². The van der Waals surface area contributed by atoms with E-state index >= 15 is 0 Å². The zero-order chi connectivity index (χ0) is 14.9. The summed E-state index contributed by atoms with van der Waals surface area (Å²) in [5.41, 5.74) is 0. The van der Waals surface area contributed by atoms with Gasteiger partial charge in [0, 0.05) is 32.2 Å². The Morgan fingerprint density at radius 3 is 2.33 bits per heavy atom. The normalized spacial score (nSPS) is 24.3. The van der Waals surface area contributed by atoms with E-state index in [1.165, 1.54) is 39.0 Å². The number of morpholine rings is 1. The molecule has 0 saturated carbocycles. The first-order valence-electron chi connectivity index (χ1n) is 8.72. The van der Waals surface area contributed by atoms with Crippen LogP contribution < -0.4 is 5.32 Å². The second-order valence-electron chi connectivity index (χ2n) is 6.37. The smallest absolute Gasteiger partial charge is 0.0594 e. The van der Waals surface area contributed by atoms with Crippen LogP contribution in [-0.4, -0.2) is 86.1 Å². The van der Waals surface area contributed by atoms with Gasteiger partial charge in [-0.3, -0.25) is 4.90 Å². The average Bonchev–Trinajstić information content (AvgIpc) is 2.55. The van der Waals surface area contributed by atoms with Gasteiger partial charge < -0.3 is 20.1 Å². The van der Waals surface area contributed by atoms with Crippen LogP contribution in [0.15, 0.2) is 0 Å². The van der Waals surface area contributed by atoms with E-state index in [1.807, 2.05) is 6.92 Å². The Labute approximate surface area is 129 Å². The van der Waals surface area contributed by atoms with E-state index in [1.54, 1.807) is 0 Å². The van der Waals surface area contributed by atoms with E-state index in [4.69, 9.17) is 4.74 Å². The van der Waals surface area contributed by atoms with Crippen molar-refractivity contribution in [1.82, 2.24) is 15.1 Å². The van der Waals surface area contributed by atoms with E-state index in [2.05, 4.69) is 15.1 Å². The summed E-state index contributed by atoms with van der Waals surface area (Å²) in [5.74, 6) is 0. The first-order chi connectivity index (χ1) is 10.3. The summed E-state index contributed by atoms with van der Waals surface area (Å²) in [7, 11) is 0. The van der Waals surface area contributed by atoms with E-state index in [9.17, 15) is 5.11 Å². The lowest BCUT2D eigenvalue weighted by Gasteiger charge is -2.35. The van der Waals surface area contributed by atoms with Gasteiger partial charge in [-0.05, 0) is 45.3 Å². The highest BCUT2D eigenvalue weighted by atomic mass is 16.5. The van der Waals surface area contributed by atoms with Crippen LogP contribution >= 0.6 is 0 Å². The van der Waals surface area contributed by atoms with Crippen LogP contribution in [0.25, 0.3) is 0 Å². The molecule has 0 radical (unpaired) electrons. The third-order valence-electron chi connectivity index (χ3n) is 4.81. The average molecular weight is 299 g/mol. The number of aliphatic hydroxyl groups is 1. The van der Waals surface area contributed by atoms with Crippen molar-refractivity contribution in [2.75, 3.05) is 59.0 Å². The third kappa shape index (κ3) is 6.61. The molecule has 2 N–H and O–H groups in total. The maximum Gasteiger partial charge on any atom is 0.0594 e. The lowest BCUT2D eigenvalue weighted by atomic mass is 10.0. The second kappa shape index (κ2) is 9.74. The van der Waals surface area contributed by atoms with Gasteiger partial charge in [-0.2, -0.15) is 0 Å². The molecule has 2 rings (SSSR count). The van der Waals surface area contributed by atoms with E-state index < -0.39 is 0 Å². The molecule has 2 aliphatic rings. The monoisotopic (exact) mass is 299 g/mol. The summed E-state index contributed by atoms with van der Waals surface area (Å²) in [6.45, 7) is 11.8. The predicted octanol–water partition coefficient (Wildman–Crippen LogP) is 0.534. The molecule has 124 valence electrons. The lowest BCUT2D eigenvalue weighted by Crippen LogP contribution is -2.46. The summed E-state index contributed by atoms with van der Waals surface area (Å²) >= 11 is 0. The number of ether oxygens (including phenoxy) is 1. The van der Waals surface area contributed by atoms with Crippen molar-refractivity contribution in [3.8, 4) is 0 Å². The minimum absolute atomic E-state index is 0.133. The Morgan fingerprint density at radius 1 is 1.10 bits per heavy atom. The van der Waals surface area contributed by atoms with Crippen molar-refractivity contribution < 1.29 is 9.84 Å². The Hall–Kier alpha value is -0.200. The van der Waals surface area contributed by atoms with Gasteiger partial charge in [0.05, 0.1) is 19.3 Å².